The highest BCUT2D eigenvalue weighted by molar-refractivity contribution is 5.79. The topological polar surface area (TPSA) is 71.1 Å². The van der Waals surface area contributed by atoms with Gasteiger partial charge in [-0.15, -0.1) is 0 Å². The van der Waals surface area contributed by atoms with Gasteiger partial charge in [0.05, 0.1) is 12.2 Å². The molecule has 0 aromatic heterocycles. The molecular formula is C12H25N3O2. The van der Waals surface area contributed by atoms with Crippen LogP contribution in [0, 0.1) is 0 Å². The molecular weight excluding hydrogens is 218 g/mol. The van der Waals surface area contributed by atoms with E-state index in [1.807, 2.05) is 0 Å². The lowest BCUT2D eigenvalue weighted by molar-refractivity contribution is -0.0137. The zero-order chi connectivity index (χ0) is 12.9. The number of hydrogen-bond acceptors (Lipinski definition) is 4. The molecule has 5 heteroatoms. The molecule has 1 saturated carbocycles. The molecule has 0 saturated heterocycles. The quantitative estimate of drug-likeness (QED) is 0.307. The van der Waals surface area contributed by atoms with Crippen molar-refractivity contribution < 1.29 is 9.94 Å². The lowest BCUT2D eigenvalue weighted by atomic mass is 10.2. The van der Waals surface area contributed by atoms with Crippen LogP contribution >= 0.6 is 0 Å². The zero-order valence-electron chi connectivity index (χ0n) is 11.1. The second kappa shape index (κ2) is 6.21. The van der Waals surface area contributed by atoms with Crippen LogP contribution in [-0.4, -0.2) is 47.3 Å². The number of hydrogen-bond donors (Lipinski definition) is 2. The summed E-state index contributed by atoms with van der Waals surface area (Å²) in [4.78, 5) is 2.36. The van der Waals surface area contributed by atoms with E-state index in [-0.39, 0.29) is 5.60 Å². The third kappa shape index (κ3) is 6.48. The van der Waals surface area contributed by atoms with Crippen molar-refractivity contribution in [2.75, 3.05) is 19.7 Å². The van der Waals surface area contributed by atoms with Crippen LogP contribution in [0.2, 0.25) is 0 Å². The smallest absolute Gasteiger partial charge is 0.140 e. The first-order valence-electron chi connectivity index (χ1n) is 6.27. The van der Waals surface area contributed by atoms with Crippen LogP contribution in [0.3, 0.4) is 0 Å². The molecule has 0 spiro atoms. The van der Waals surface area contributed by atoms with Gasteiger partial charge in [0.25, 0.3) is 0 Å². The summed E-state index contributed by atoms with van der Waals surface area (Å²) in [5.74, 6) is 0.299. The van der Waals surface area contributed by atoms with Crippen molar-refractivity contribution in [3.63, 3.8) is 0 Å². The molecule has 0 unspecified atom stereocenters. The van der Waals surface area contributed by atoms with Crippen molar-refractivity contribution in [3.05, 3.63) is 0 Å². The van der Waals surface area contributed by atoms with Gasteiger partial charge >= 0.3 is 0 Å². The molecule has 0 atom stereocenters. The Labute approximate surface area is 104 Å². The molecule has 0 radical (unpaired) electrons. The molecule has 1 fully saturated rings. The third-order valence-electron chi connectivity index (χ3n) is 2.76. The largest absolute Gasteiger partial charge is 0.409 e. The minimum absolute atomic E-state index is 0.0825. The lowest BCUT2D eigenvalue weighted by Crippen LogP contribution is -2.35. The Morgan fingerprint density at radius 1 is 1.41 bits per heavy atom. The number of nitrogens with zero attached hydrogens (tertiary/aromatic N) is 2. The molecule has 0 aromatic carbocycles. The number of amidine groups is 1. The molecule has 100 valence electrons. The second-order valence-electron chi connectivity index (χ2n) is 5.57. The highest BCUT2D eigenvalue weighted by atomic mass is 16.5. The molecule has 0 bridgehead atoms. The number of rotatable bonds is 7. The number of oxime groups is 1. The summed E-state index contributed by atoms with van der Waals surface area (Å²) in [5.41, 5.74) is 5.40. The SMILES string of the molecule is CC(C)(C)OCCN(CCC(N)=NO)C1CC1. The van der Waals surface area contributed by atoms with Gasteiger partial charge in [-0.25, -0.2) is 0 Å². The Kier molecular flexibility index (Phi) is 5.21. The highest BCUT2D eigenvalue weighted by Gasteiger charge is 2.28. The first kappa shape index (κ1) is 14.3. The first-order valence-corrected chi connectivity index (χ1v) is 6.27. The van der Waals surface area contributed by atoms with Gasteiger partial charge in [-0.05, 0) is 33.6 Å². The monoisotopic (exact) mass is 243 g/mol. The van der Waals surface area contributed by atoms with Gasteiger partial charge in [-0.1, -0.05) is 5.16 Å². The minimum Gasteiger partial charge on any atom is -0.409 e. The van der Waals surface area contributed by atoms with E-state index < -0.39 is 0 Å². The number of ether oxygens (including phenoxy) is 1. The summed E-state index contributed by atoms with van der Waals surface area (Å²) in [6.07, 6.45) is 3.12. The minimum atomic E-state index is -0.0825. The van der Waals surface area contributed by atoms with Gasteiger partial charge in [-0.3, -0.25) is 4.90 Å². The van der Waals surface area contributed by atoms with E-state index in [9.17, 15) is 0 Å². The Morgan fingerprint density at radius 3 is 2.53 bits per heavy atom. The van der Waals surface area contributed by atoms with E-state index in [4.69, 9.17) is 15.7 Å². The summed E-state index contributed by atoms with van der Waals surface area (Å²) in [6, 6.07) is 0.671. The summed E-state index contributed by atoms with van der Waals surface area (Å²) in [5, 5.41) is 11.5. The average molecular weight is 243 g/mol. The van der Waals surface area contributed by atoms with Crippen molar-refractivity contribution in [3.8, 4) is 0 Å². The van der Waals surface area contributed by atoms with E-state index in [1.54, 1.807) is 0 Å². The van der Waals surface area contributed by atoms with Gasteiger partial charge in [-0.2, -0.15) is 0 Å². The summed E-state index contributed by atoms with van der Waals surface area (Å²) < 4.78 is 5.72. The van der Waals surface area contributed by atoms with Crippen molar-refractivity contribution in [1.29, 1.82) is 0 Å². The van der Waals surface area contributed by atoms with Crippen LogP contribution < -0.4 is 5.73 Å². The molecule has 17 heavy (non-hydrogen) atoms. The fourth-order valence-electron chi connectivity index (χ4n) is 1.69. The van der Waals surface area contributed by atoms with Gasteiger partial charge in [0, 0.05) is 25.6 Å². The zero-order valence-corrected chi connectivity index (χ0v) is 11.1. The second-order valence-corrected chi connectivity index (χ2v) is 5.57. The van der Waals surface area contributed by atoms with Crippen LogP contribution in [0.4, 0.5) is 0 Å². The van der Waals surface area contributed by atoms with E-state index in [0.29, 0.717) is 18.3 Å². The highest BCUT2D eigenvalue weighted by Crippen LogP contribution is 2.26. The third-order valence-corrected chi connectivity index (χ3v) is 2.76. The molecule has 1 rings (SSSR count). The predicted octanol–water partition coefficient (Wildman–Crippen LogP) is 1.40. The van der Waals surface area contributed by atoms with Gasteiger partial charge in [0.1, 0.15) is 5.84 Å². The van der Waals surface area contributed by atoms with Gasteiger partial charge < -0.3 is 15.7 Å². The molecule has 0 aromatic rings. The van der Waals surface area contributed by atoms with Crippen molar-refractivity contribution in [2.24, 2.45) is 10.9 Å². The Balaban J connectivity index is 2.24. The maximum absolute atomic E-state index is 8.50. The molecule has 0 amide bonds. The lowest BCUT2D eigenvalue weighted by Gasteiger charge is -2.25. The summed E-state index contributed by atoms with van der Waals surface area (Å²) in [7, 11) is 0. The molecule has 1 aliphatic rings. The molecule has 3 N–H and O–H groups in total. The Bertz CT molecular complexity index is 257. The molecule has 1 aliphatic carbocycles. The van der Waals surface area contributed by atoms with E-state index in [1.165, 1.54) is 12.8 Å². The fourth-order valence-corrected chi connectivity index (χ4v) is 1.69. The maximum Gasteiger partial charge on any atom is 0.140 e. The van der Waals surface area contributed by atoms with Crippen LogP contribution in [0.15, 0.2) is 5.16 Å². The summed E-state index contributed by atoms with van der Waals surface area (Å²) >= 11 is 0. The standard InChI is InChI=1S/C12H25N3O2/c1-12(2,3)17-9-8-15(10-4-5-10)7-6-11(13)14-16/h10,16H,4-9H2,1-3H3,(H2,13,14). The van der Waals surface area contributed by atoms with E-state index in [2.05, 4.69) is 30.8 Å². The Hall–Kier alpha value is -0.810. The molecule has 0 aliphatic heterocycles. The fraction of sp³-hybridized carbons (Fsp3) is 0.917. The van der Waals surface area contributed by atoms with Gasteiger partial charge in [0.15, 0.2) is 0 Å². The van der Waals surface area contributed by atoms with Crippen LogP contribution in [0.25, 0.3) is 0 Å². The van der Waals surface area contributed by atoms with E-state index >= 15 is 0 Å². The van der Waals surface area contributed by atoms with Crippen LogP contribution in [0.1, 0.15) is 40.0 Å². The average Bonchev–Trinajstić information content (AvgIpc) is 3.04. The van der Waals surface area contributed by atoms with Crippen LogP contribution in [-0.2, 0) is 4.74 Å². The summed E-state index contributed by atoms with van der Waals surface area (Å²) in [6.45, 7) is 8.67. The first-order chi connectivity index (χ1) is 7.92. The Morgan fingerprint density at radius 2 is 2.06 bits per heavy atom. The van der Waals surface area contributed by atoms with E-state index in [0.717, 1.165) is 19.7 Å². The maximum atomic E-state index is 8.50. The van der Waals surface area contributed by atoms with Crippen molar-refractivity contribution in [2.45, 2.75) is 51.7 Å². The molecule has 5 nitrogen and oxygen atoms in total. The predicted molar refractivity (Wildman–Crippen MR) is 68.3 cm³/mol. The number of nitrogens with two attached hydrogens (primary N) is 1. The normalized spacial score (nSPS) is 17.8. The van der Waals surface area contributed by atoms with Crippen molar-refractivity contribution >= 4 is 5.84 Å². The van der Waals surface area contributed by atoms with Crippen LogP contribution in [0.5, 0.6) is 0 Å². The molecule has 0 heterocycles. The van der Waals surface area contributed by atoms with Gasteiger partial charge in [0.2, 0.25) is 0 Å². The van der Waals surface area contributed by atoms with Crippen molar-refractivity contribution in [1.82, 2.24) is 4.90 Å².